The molecule has 0 fully saturated rings. The van der Waals surface area contributed by atoms with E-state index < -0.39 is 65.0 Å². The van der Waals surface area contributed by atoms with Gasteiger partial charge in [-0.1, -0.05) is 13.8 Å². The summed E-state index contributed by atoms with van der Waals surface area (Å²) in [4.78, 5) is 72.0. The zero-order valence-electron chi connectivity index (χ0n) is 23.9. The van der Waals surface area contributed by atoms with E-state index in [4.69, 9.17) is 9.47 Å². The third kappa shape index (κ3) is 13.0. The number of nitro groups is 1. The van der Waals surface area contributed by atoms with Gasteiger partial charge in [0.05, 0.1) is 11.5 Å². The SMILES string of the molecule is CC(C)C[C@H](NC(=O)[C@H](C)NC(=O)OC(C)(C)C)C(=O)NCC(=O)N[C@H](C)C(=O)OCc1ccc([N+](=O)[O-])cc1. The van der Waals surface area contributed by atoms with Gasteiger partial charge in [-0.25, -0.2) is 9.59 Å². The molecule has 0 aliphatic carbocycles. The highest BCUT2D eigenvalue weighted by molar-refractivity contribution is 5.93. The van der Waals surface area contributed by atoms with Gasteiger partial charge < -0.3 is 30.7 Å². The van der Waals surface area contributed by atoms with Crippen LogP contribution in [-0.2, 0) is 35.3 Å². The van der Waals surface area contributed by atoms with Gasteiger partial charge in [-0.2, -0.15) is 0 Å². The Bertz CT molecular complexity index is 1070. The molecule has 0 saturated heterocycles. The zero-order valence-corrected chi connectivity index (χ0v) is 23.9. The van der Waals surface area contributed by atoms with Crippen LogP contribution in [0, 0.1) is 16.0 Å². The minimum Gasteiger partial charge on any atom is -0.459 e. The minimum atomic E-state index is -1.03. The Morgan fingerprint density at radius 2 is 1.50 bits per heavy atom. The van der Waals surface area contributed by atoms with Gasteiger partial charge in [-0.15, -0.1) is 0 Å². The van der Waals surface area contributed by atoms with Crippen molar-refractivity contribution in [3.05, 3.63) is 39.9 Å². The molecule has 0 aliphatic heterocycles. The molecule has 0 aromatic heterocycles. The van der Waals surface area contributed by atoms with Gasteiger partial charge in [0.25, 0.3) is 5.69 Å². The van der Waals surface area contributed by atoms with Crippen molar-refractivity contribution >= 4 is 35.5 Å². The maximum absolute atomic E-state index is 12.7. The van der Waals surface area contributed by atoms with E-state index in [-0.39, 0.29) is 24.6 Å². The largest absolute Gasteiger partial charge is 0.459 e. The van der Waals surface area contributed by atoms with Crippen molar-refractivity contribution in [3.8, 4) is 0 Å². The fourth-order valence-electron chi connectivity index (χ4n) is 3.18. The van der Waals surface area contributed by atoms with Crippen LogP contribution in [0.5, 0.6) is 0 Å². The predicted molar refractivity (Wildman–Crippen MR) is 144 cm³/mol. The topological polar surface area (TPSA) is 195 Å². The molecule has 40 heavy (non-hydrogen) atoms. The van der Waals surface area contributed by atoms with E-state index in [1.807, 2.05) is 13.8 Å². The Morgan fingerprint density at radius 1 is 0.900 bits per heavy atom. The van der Waals surface area contributed by atoms with Crippen molar-refractivity contribution in [1.82, 2.24) is 21.3 Å². The predicted octanol–water partition coefficient (Wildman–Crippen LogP) is 1.70. The molecule has 4 amide bonds. The summed E-state index contributed by atoms with van der Waals surface area (Å²) >= 11 is 0. The number of hydrogen-bond acceptors (Lipinski definition) is 9. The lowest BCUT2D eigenvalue weighted by molar-refractivity contribution is -0.384. The maximum atomic E-state index is 12.7. The highest BCUT2D eigenvalue weighted by Gasteiger charge is 2.27. The third-order valence-corrected chi connectivity index (χ3v) is 5.15. The minimum absolute atomic E-state index is 0.0181. The van der Waals surface area contributed by atoms with Crippen LogP contribution >= 0.6 is 0 Å². The number of non-ortho nitro benzene ring substituents is 1. The van der Waals surface area contributed by atoms with Crippen molar-refractivity contribution in [3.63, 3.8) is 0 Å². The number of alkyl carbamates (subject to hydrolysis) is 1. The number of amides is 4. The summed E-state index contributed by atoms with van der Waals surface area (Å²) in [6.45, 7) is 11.0. The molecule has 0 saturated carbocycles. The van der Waals surface area contributed by atoms with E-state index in [0.29, 0.717) is 5.56 Å². The monoisotopic (exact) mass is 565 g/mol. The lowest BCUT2D eigenvalue weighted by Gasteiger charge is -2.24. The molecule has 1 aromatic carbocycles. The molecule has 1 aromatic rings. The number of carbonyl (C=O) groups is 5. The van der Waals surface area contributed by atoms with Gasteiger partial charge in [0.1, 0.15) is 30.3 Å². The number of benzene rings is 1. The smallest absolute Gasteiger partial charge is 0.408 e. The van der Waals surface area contributed by atoms with Gasteiger partial charge in [-0.05, 0) is 64.7 Å². The van der Waals surface area contributed by atoms with Crippen molar-refractivity contribution < 1.29 is 38.4 Å². The van der Waals surface area contributed by atoms with Crippen molar-refractivity contribution in [2.24, 2.45) is 5.92 Å². The van der Waals surface area contributed by atoms with Gasteiger partial charge in [0.15, 0.2) is 0 Å². The van der Waals surface area contributed by atoms with E-state index in [2.05, 4.69) is 21.3 Å². The van der Waals surface area contributed by atoms with Crippen LogP contribution < -0.4 is 21.3 Å². The molecule has 1 rings (SSSR count). The van der Waals surface area contributed by atoms with E-state index >= 15 is 0 Å². The first kappa shape index (κ1) is 33.8. The number of nitro benzene ring substituents is 1. The molecule has 4 N–H and O–H groups in total. The number of rotatable bonds is 13. The van der Waals surface area contributed by atoms with Crippen LogP contribution in [0.4, 0.5) is 10.5 Å². The van der Waals surface area contributed by atoms with Gasteiger partial charge in [0, 0.05) is 12.1 Å². The molecule has 0 spiro atoms. The van der Waals surface area contributed by atoms with Crippen LogP contribution in [0.3, 0.4) is 0 Å². The number of nitrogens with one attached hydrogen (secondary N) is 4. The first-order chi connectivity index (χ1) is 18.5. The van der Waals surface area contributed by atoms with E-state index in [0.717, 1.165) is 0 Å². The first-order valence-electron chi connectivity index (χ1n) is 12.8. The number of hydrogen-bond donors (Lipinski definition) is 4. The molecular weight excluding hydrogens is 526 g/mol. The highest BCUT2D eigenvalue weighted by atomic mass is 16.6. The second-order valence-electron chi connectivity index (χ2n) is 10.6. The molecular formula is C26H39N5O9. The Kier molecular flexibility index (Phi) is 13.0. The number of nitrogens with zero attached hydrogens (tertiary/aromatic N) is 1. The summed E-state index contributed by atoms with van der Waals surface area (Å²) in [7, 11) is 0. The van der Waals surface area contributed by atoms with Gasteiger partial charge in [0.2, 0.25) is 17.7 Å². The number of ether oxygens (including phenoxy) is 2. The number of carbonyl (C=O) groups excluding carboxylic acids is 5. The van der Waals surface area contributed by atoms with E-state index in [1.54, 1.807) is 20.8 Å². The molecule has 0 heterocycles. The maximum Gasteiger partial charge on any atom is 0.408 e. The third-order valence-electron chi connectivity index (χ3n) is 5.15. The van der Waals surface area contributed by atoms with Crippen LogP contribution in [0.25, 0.3) is 0 Å². The summed E-state index contributed by atoms with van der Waals surface area (Å²) in [5.74, 6) is -2.61. The Labute approximate surface area is 233 Å². The zero-order chi connectivity index (χ0) is 30.6. The quantitative estimate of drug-likeness (QED) is 0.156. The highest BCUT2D eigenvalue weighted by Crippen LogP contribution is 2.13. The van der Waals surface area contributed by atoms with Crippen LogP contribution in [0.15, 0.2) is 24.3 Å². The summed E-state index contributed by atoms with van der Waals surface area (Å²) in [6, 6.07) is 2.46. The normalized spacial score (nSPS) is 13.3. The number of esters is 1. The average Bonchev–Trinajstić information content (AvgIpc) is 2.83. The second-order valence-corrected chi connectivity index (χ2v) is 10.6. The summed E-state index contributed by atoms with van der Waals surface area (Å²) < 4.78 is 10.3. The summed E-state index contributed by atoms with van der Waals surface area (Å²) in [5.41, 5.74) is -0.318. The Morgan fingerprint density at radius 3 is 2.02 bits per heavy atom. The Hall–Kier alpha value is -4.23. The van der Waals surface area contributed by atoms with E-state index in [9.17, 15) is 34.1 Å². The van der Waals surface area contributed by atoms with Crippen LogP contribution in [0.2, 0.25) is 0 Å². The van der Waals surface area contributed by atoms with Crippen molar-refractivity contribution in [2.75, 3.05) is 6.54 Å². The van der Waals surface area contributed by atoms with Crippen LogP contribution in [0.1, 0.15) is 60.5 Å². The molecule has 14 nitrogen and oxygen atoms in total. The standard InChI is InChI=1S/C26H39N5O9/c1-15(2)12-20(30-22(33)16(3)29-25(36)40-26(5,6)7)23(34)27-13-21(32)28-17(4)24(35)39-14-18-8-10-19(11-9-18)31(37)38/h8-11,15-17,20H,12-14H2,1-7H3,(H,27,34)(H,28,32)(H,29,36)(H,30,33)/t16-,17+,20-/m0/s1. The fourth-order valence-corrected chi connectivity index (χ4v) is 3.18. The lowest BCUT2D eigenvalue weighted by atomic mass is 10.0. The molecule has 0 aliphatic rings. The second kappa shape index (κ2) is 15.4. The lowest BCUT2D eigenvalue weighted by Crippen LogP contribution is -2.54. The molecule has 0 radical (unpaired) electrons. The van der Waals surface area contributed by atoms with Crippen LogP contribution in [-0.4, -0.2) is 65.0 Å². The van der Waals surface area contributed by atoms with Crippen molar-refractivity contribution in [2.45, 2.75) is 85.2 Å². The van der Waals surface area contributed by atoms with Crippen molar-refractivity contribution in [1.29, 1.82) is 0 Å². The molecule has 222 valence electrons. The summed E-state index contributed by atoms with van der Waals surface area (Å²) in [6.07, 6.45) is -0.513. The van der Waals surface area contributed by atoms with Gasteiger partial charge in [-0.3, -0.25) is 24.5 Å². The summed E-state index contributed by atoms with van der Waals surface area (Å²) in [5, 5.41) is 20.5. The molecule has 3 atom stereocenters. The Balaban J connectivity index is 2.57. The van der Waals surface area contributed by atoms with E-state index in [1.165, 1.54) is 38.1 Å². The average molecular weight is 566 g/mol. The molecule has 0 unspecified atom stereocenters. The molecule has 14 heteroatoms. The first-order valence-corrected chi connectivity index (χ1v) is 12.8. The van der Waals surface area contributed by atoms with Gasteiger partial charge >= 0.3 is 12.1 Å². The molecule has 0 bridgehead atoms. The fraction of sp³-hybridized carbons (Fsp3) is 0.577.